The van der Waals surface area contributed by atoms with Gasteiger partial charge in [-0.1, -0.05) is 103 Å². The minimum absolute atomic E-state index is 0.216. The standard InChI is InChI=1S/C36H30N3O2P/c37-34-33(41-42(40,30-22-12-4-13-23-30)31-24-14-5-15-25-31)26-32(27-16-6-1-7-17-27)36(35(34)38)39(28-18-8-2-9-19-28)29-20-10-3-11-21-29/h1-26H,37-38H2. The van der Waals surface area contributed by atoms with Gasteiger partial charge in [-0.25, -0.2) is 0 Å². The number of nitrogens with two attached hydrogens (primary N) is 2. The van der Waals surface area contributed by atoms with Gasteiger partial charge in [0.2, 0.25) is 0 Å². The second kappa shape index (κ2) is 11.7. The largest absolute Gasteiger partial charge is 0.435 e. The van der Waals surface area contributed by atoms with Crippen molar-refractivity contribution in [2.75, 3.05) is 16.4 Å². The van der Waals surface area contributed by atoms with Crippen molar-refractivity contribution in [3.8, 4) is 16.9 Å². The molecule has 0 fully saturated rings. The summed E-state index contributed by atoms with van der Waals surface area (Å²) in [5, 5.41) is 1.13. The molecule has 0 aromatic heterocycles. The Morgan fingerprint density at radius 3 is 1.38 bits per heavy atom. The molecular formula is C36H30N3O2P. The van der Waals surface area contributed by atoms with Gasteiger partial charge in [0.1, 0.15) is 5.69 Å². The monoisotopic (exact) mass is 567 g/mol. The van der Waals surface area contributed by atoms with E-state index in [1.807, 2.05) is 158 Å². The highest BCUT2D eigenvalue weighted by atomic mass is 31.2. The molecule has 0 amide bonds. The van der Waals surface area contributed by atoms with E-state index in [4.69, 9.17) is 16.0 Å². The molecule has 0 heterocycles. The molecule has 6 heteroatoms. The molecule has 6 rings (SSSR count). The second-order valence-corrected chi connectivity index (χ2v) is 12.1. The number of hydrogen-bond donors (Lipinski definition) is 2. The average Bonchev–Trinajstić information content (AvgIpc) is 3.06. The molecule has 0 aliphatic carbocycles. The molecule has 0 radical (unpaired) electrons. The van der Waals surface area contributed by atoms with E-state index in [0.717, 1.165) is 22.5 Å². The molecule has 42 heavy (non-hydrogen) atoms. The average molecular weight is 568 g/mol. The highest BCUT2D eigenvalue weighted by molar-refractivity contribution is 7.74. The predicted molar refractivity (Wildman–Crippen MR) is 176 cm³/mol. The summed E-state index contributed by atoms with van der Waals surface area (Å²) in [6.07, 6.45) is 0. The molecule has 0 unspecified atom stereocenters. The Kier molecular flexibility index (Phi) is 7.50. The third kappa shape index (κ3) is 5.14. The van der Waals surface area contributed by atoms with Gasteiger partial charge in [-0.3, -0.25) is 4.57 Å². The van der Waals surface area contributed by atoms with Gasteiger partial charge in [-0.05, 0) is 60.2 Å². The maximum atomic E-state index is 14.8. The number of nitrogens with zero attached hydrogens (tertiary/aromatic N) is 1. The van der Waals surface area contributed by atoms with E-state index in [0.29, 0.717) is 22.0 Å². The first-order valence-electron chi connectivity index (χ1n) is 13.6. The van der Waals surface area contributed by atoms with Crippen LogP contribution in [0.2, 0.25) is 0 Å². The second-order valence-electron chi connectivity index (χ2n) is 9.78. The summed E-state index contributed by atoms with van der Waals surface area (Å²) in [6, 6.07) is 50.2. The summed E-state index contributed by atoms with van der Waals surface area (Å²) < 4.78 is 21.4. The summed E-state index contributed by atoms with van der Waals surface area (Å²) in [7, 11) is -3.61. The van der Waals surface area contributed by atoms with Crippen LogP contribution in [0.4, 0.5) is 28.4 Å². The maximum Gasteiger partial charge on any atom is 0.306 e. The topological polar surface area (TPSA) is 81.6 Å². The maximum absolute atomic E-state index is 14.8. The Hall–Kier alpha value is -5.25. The molecule has 0 saturated heterocycles. The quantitative estimate of drug-likeness (QED) is 0.143. The predicted octanol–water partition coefficient (Wildman–Crippen LogP) is 8.30. The molecule has 6 aromatic rings. The van der Waals surface area contributed by atoms with Gasteiger partial charge in [0.25, 0.3) is 0 Å². The molecule has 5 nitrogen and oxygen atoms in total. The molecule has 0 aliphatic heterocycles. The van der Waals surface area contributed by atoms with E-state index in [-0.39, 0.29) is 11.4 Å². The zero-order valence-corrected chi connectivity index (χ0v) is 23.8. The van der Waals surface area contributed by atoms with Crippen molar-refractivity contribution in [1.29, 1.82) is 0 Å². The third-order valence-electron chi connectivity index (χ3n) is 7.10. The Balaban J connectivity index is 1.60. The molecule has 0 aliphatic rings. The minimum atomic E-state index is -3.61. The SMILES string of the molecule is Nc1c(OP(=O)(c2ccccc2)c2ccccc2)cc(-c2ccccc2)c(N(c2ccccc2)c2ccccc2)c1N. The molecule has 4 N–H and O–H groups in total. The third-order valence-corrected chi connectivity index (χ3v) is 9.51. The Morgan fingerprint density at radius 2 is 0.929 bits per heavy atom. The first-order valence-corrected chi connectivity index (χ1v) is 15.3. The van der Waals surface area contributed by atoms with Crippen molar-refractivity contribution >= 4 is 46.4 Å². The van der Waals surface area contributed by atoms with Crippen LogP contribution in [-0.4, -0.2) is 0 Å². The number of para-hydroxylation sites is 2. The van der Waals surface area contributed by atoms with Gasteiger partial charge in [-0.15, -0.1) is 0 Å². The van der Waals surface area contributed by atoms with E-state index in [1.165, 1.54) is 0 Å². The number of nitrogen functional groups attached to an aromatic ring is 2. The lowest BCUT2D eigenvalue weighted by Gasteiger charge is -2.31. The lowest BCUT2D eigenvalue weighted by molar-refractivity contribution is 0.504. The molecule has 0 bridgehead atoms. The van der Waals surface area contributed by atoms with Crippen molar-refractivity contribution in [3.05, 3.63) is 158 Å². The highest BCUT2D eigenvalue weighted by Gasteiger charge is 2.32. The summed E-state index contributed by atoms with van der Waals surface area (Å²) in [4.78, 5) is 2.09. The summed E-state index contributed by atoms with van der Waals surface area (Å²) in [5.74, 6) is 0.257. The zero-order valence-electron chi connectivity index (χ0n) is 22.9. The van der Waals surface area contributed by atoms with Gasteiger partial charge in [-0.2, -0.15) is 0 Å². The van der Waals surface area contributed by atoms with Crippen LogP contribution in [-0.2, 0) is 4.57 Å². The minimum Gasteiger partial charge on any atom is -0.435 e. The number of anilines is 5. The number of rotatable bonds is 8. The van der Waals surface area contributed by atoms with E-state index in [9.17, 15) is 4.57 Å². The smallest absolute Gasteiger partial charge is 0.306 e. The van der Waals surface area contributed by atoms with Crippen LogP contribution in [0.25, 0.3) is 11.1 Å². The van der Waals surface area contributed by atoms with Crippen LogP contribution in [0.3, 0.4) is 0 Å². The van der Waals surface area contributed by atoms with Crippen LogP contribution in [0.5, 0.6) is 5.75 Å². The molecule has 6 aromatic carbocycles. The van der Waals surface area contributed by atoms with Gasteiger partial charge in [0.15, 0.2) is 5.75 Å². The fourth-order valence-electron chi connectivity index (χ4n) is 5.04. The zero-order chi connectivity index (χ0) is 28.9. The van der Waals surface area contributed by atoms with E-state index < -0.39 is 7.37 Å². The van der Waals surface area contributed by atoms with E-state index in [1.54, 1.807) is 0 Å². The van der Waals surface area contributed by atoms with Crippen LogP contribution < -0.4 is 31.5 Å². The van der Waals surface area contributed by atoms with Crippen molar-refractivity contribution in [1.82, 2.24) is 0 Å². The Bertz CT molecular complexity index is 1750. The molecular weight excluding hydrogens is 537 g/mol. The fourth-order valence-corrected chi connectivity index (χ4v) is 7.11. The van der Waals surface area contributed by atoms with Crippen molar-refractivity contribution in [2.24, 2.45) is 0 Å². The van der Waals surface area contributed by atoms with E-state index >= 15 is 0 Å². The van der Waals surface area contributed by atoms with Gasteiger partial charge < -0.3 is 20.9 Å². The van der Waals surface area contributed by atoms with Crippen LogP contribution in [0.15, 0.2) is 158 Å². The van der Waals surface area contributed by atoms with Crippen molar-refractivity contribution in [2.45, 2.75) is 0 Å². The molecule has 0 spiro atoms. The summed E-state index contributed by atoms with van der Waals surface area (Å²) in [5.41, 5.74) is 18.5. The highest BCUT2D eigenvalue weighted by Crippen LogP contribution is 2.53. The van der Waals surface area contributed by atoms with E-state index in [2.05, 4.69) is 4.90 Å². The van der Waals surface area contributed by atoms with Crippen molar-refractivity contribution < 1.29 is 9.09 Å². The molecule has 0 saturated carbocycles. The Morgan fingerprint density at radius 1 is 0.524 bits per heavy atom. The van der Waals surface area contributed by atoms with Gasteiger partial charge >= 0.3 is 7.37 Å². The first kappa shape index (κ1) is 26.9. The summed E-state index contributed by atoms with van der Waals surface area (Å²) in [6.45, 7) is 0. The Labute approximate surface area is 246 Å². The molecule has 0 atom stereocenters. The lowest BCUT2D eigenvalue weighted by Crippen LogP contribution is -2.21. The number of hydrogen-bond acceptors (Lipinski definition) is 5. The number of benzene rings is 6. The van der Waals surface area contributed by atoms with Crippen molar-refractivity contribution in [3.63, 3.8) is 0 Å². The first-order chi connectivity index (χ1) is 20.6. The summed E-state index contributed by atoms with van der Waals surface area (Å²) >= 11 is 0. The normalized spacial score (nSPS) is 11.1. The molecule has 206 valence electrons. The van der Waals surface area contributed by atoms with Gasteiger partial charge in [0.05, 0.1) is 22.0 Å². The van der Waals surface area contributed by atoms with Crippen LogP contribution in [0.1, 0.15) is 0 Å². The lowest BCUT2D eigenvalue weighted by atomic mass is 9.99. The van der Waals surface area contributed by atoms with Gasteiger partial charge in [0, 0.05) is 16.9 Å². The van der Waals surface area contributed by atoms with Crippen LogP contribution >= 0.6 is 7.37 Å². The van der Waals surface area contributed by atoms with Crippen LogP contribution in [0, 0.1) is 0 Å². The fraction of sp³-hybridized carbons (Fsp3) is 0.